The quantitative estimate of drug-likeness (QED) is 0.847. The topological polar surface area (TPSA) is 45.2 Å². The van der Waals surface area contributed by atoms with Crippen molar-refractivity contribution in [3.8, 4) is 10.6 Å². The van der Waals surface area contributed by atoms with Gasteiger partial charge in [-0.1, -0.05) is 18.0 Å². The summed E-state index contributed by atoms with van der Waals surface area (Å²) in [5.41, 5.74) is 0.981. The van der Waals surface area contributed by atoms with Gasteiger partial charge in [0, 0.05) is 23.7 Å². The number of rotatable bonds is 5. The summed E-state index contributed by atoms with van der Waals surface area (Å²) in [6.07, 6.45) is 3.77. The van der Waals surface area contributed by atoms with Crippen molar-refractivity contribution in [3.05, 3.63) is 39.6 Å². The Morgan fingerprint density at radius 2 is 2.12 bits per heavy atom. The van der Waals surface area contributed by atoms with E-state index in [2.05, 4.69) is 15.2 Å². The van der Waals surface area contributed by atoms with Gasteiger partial charge in [-0.15, -0.1) is 11.3 Å². The van der Waals surface area contributed by atoms with E-state index < -0.39 is 5.82 Å². The van der Waals surface area contributed by atoms with Crippen LogP contribution in [-0.4, -0.2) is 42.0 Å². The number of benzene rings is 1. The summed E-state index contributed by atoms with van der Waals surface area (Å²) in [6, 6.07) is 4.47. The van der Waals surface area contributed by atoms with E-state index in [1.165, 1.54) is 36.7 Å². The second-order valence-electron chi connectivity index (χ2n) is 6.22. The molecule has 1 aliphatic heterocycles. The lowest BCUT2D eigenvalue weighted by molar-refractivity contribution is 0.0950. The van der Waals surface area contributed by atoms with Crippen molar-refractivity contribution in [2.75, 3.05) is 26.2 Å². The average Bonchev–Trinajstić information content (AvgIpc) is 2.97. The number of hydrogen-bond acceptors (Lipinski definition) is 4. The van der Waals surface area contributed by atoms with Gasteiger partial charge in [0.2, 0.25) is 0 Å². The van der Waals surface area contributed by atoms with Crippen molar-refractivity contribution in [2.24, 2.45) is 0 Å². The molecule has 134 valence electrons. The molecule has 1 fully saturated rings. The Kier molecular flexibility index (Phi) is 6.04. The Morgan fingerprint density at radius 3 is 2.84 bits per heavy atom. The third-order valence-corrected chi connectivity index (χ3v) is 5.75. The van der Waals surface area contributed by atoms with E-state index in [4.69, 9.17) is 11.6 Å². The number of carbonyl (C=O) groups excluding carboxylic acids is 1. The summed E-state index contributed by atoms with van der Waals surface area (Å²) in [5.74, 6) is -0.578. The highest BCUT2D eigenvalue weighted by molar-refractivity contribution is 7.17. The molecule has 1 aromatic carbocycles. The van der Waals surface area contributed by atoms with Gasteiger partial charge in [0.25, 0.3) is 5.91 Å². The summed E-state index contributed by atoms with van der Waals surface area (Å²) >= 11 is 6.99. The zero-order chi connectivity index (χ0) is 17.8. The highest BCUT2D eigenvalue weighted by atomic mass is 35.5. The number of carbonyl (C=O) groups is 1. The van der Waals surface area contributed by atoms with Crippen LogP contribution < -0.4 is 5.32 Å². The van der Waals surface area contributed by atoms with E-state index in [-0.39, 0.29) is 5.91 Å². The van der Waals surface area contributed by atoms with Crippen LogP contribution in [-0.2, 0) is 0 Å². The first-order valence-electron chi connectivity index (χ1n) is 8.48. The number of thiazole rings is 1. The molecule has 0 unspecified atom stereocenters. The minimum absolute atomic E-state index is 0.146. The molecule has 1 N–H and O–H groups in total. The standard InChI is InChI=1S/C18H21ClFN3OS/c1-12-16(17(24)21-7-10-23-8-3-2-4-9-23)25-18(22-12)14-6-5-13(19)11-15(14)20/h5-6,11H,2-4,7-10H2,1H3,(H,21,24). The molecule has 1 amide bonds. The average molecular weight is 382 g/mol. The van der Waals surface area contributed by atoms with Crippen LogP contribution in [0.4, 0.5) is 4.39 Å². The summed E-state index contributed by atoms with van der Waals surface area (Å²) < 4.78 is 14.1. The van der Waals surface area contributed by atoms with E-state index in [0.717, 1.165) is 19.6 Å². The molecule has 1 aromatic heterocycles. The summed E-state index contributed by atoms with van der Waals surface area (Å²) in [7, 11) is 0. The van der Waals surface area contributed by atoms with Crippen molar-refractivity contribution >= 4 is 28.8 Å². The molecule has 0 saturated carbocycles. The number of hydrogen-bond donors (Lipinski definition) is 1. The highest BCUT2D eigenvalue weighted by Gasteiger charge is 2.18. The lowest BCUT2D eigenvalue weighted by Gasteiger charge is -2.26. The molecule has 2 aromatic rings. The van der Waals surface area contributed by atoms with Crippen molar-refractivity contribution in [1.82, 2.24) is 15.2 Å². The Bertz CT molecular complexity index is 759. The fourth-order valence-corrected chi connectivity index (χ4v) is 4.14. The molecule has 0 bridgehead atoms. The Balaban J connectivity index is 1.64. The molecule has 25 heavy (non-hydrogen) atoms. The highest BCUT2D eigenvalue weighted by Crippen LogP contribution is 2.31. The maximum absolute atomic E-state index is 14.1. The predicted octanol–water partition coefficient (Wildman–Crippen LogP) is 4.13. The fraction of sp³-hybridized carbons (Fsp3) is 0.444. The number of amides is 1. The summed E-state index contributed by atoms with van der Waals surface area (Å²) in [5, 5.41) is 3.78. The third kappa shape index (κ3) is 4.57. The predicted molar refractivity (Wildman–Crippen MR) is 99.9 cm³/mol. The minimum Gasteiger partial charge on any atom is -0.350 e. The Morgan fingerprint density at radius 1 is 1.36 bits per heavy atom. The SMILES string of the molecule is Cc1nc(-c2ccc(Cl)cc2F)sc1C(=O)NCCN1CCCCC1. The number of nitrogens with zero attached hydrogens (tertiary/aromatic N) is 2. The monoisotopic (exact) mass is 381 g/mol. The van der Waals surface area contributed by atoms with Crippen molar-refractivity contribution in [3.63, 3.8) is 0 Å². The smallest absolute Gasteiger partial charge is 0.263 e. The van der Waals surface area contributed by atoms with Crippen LogP contribution in [0.15, 0.2) is 18.2 Å². The van der Waals surface area contributed by atoms with E-state index in [1.54, 1.807) is 19.1 Å². The number of likely N-dealkylation sites (tertiary alicyclic amines) is 1. The second kappa shape index (κ2) is 8.25. The molecule has 2 heterocycles. The molecule has 3 rings (SSSR count). The van der Waals surface area contributed by atoms with Crippen LogP contribution in [0.3, 0.4) is 0 Å². The Labute approximate surface area is 156 Å². The van der Waals surface area contributed by atoms with Gasteiger partial charge in [-0.3, -0.25) is 4.79 Å². The number of piperidine rings is 1. The van der Waals surface area contributed by atoms with E-state index in [0.29, 0.717) is 32.7 Å². The maximum Gasteiger partial charge on any atom is 0.263 e. The van der Waals surface area contributed by atoms with Crippen molar-refractivity contribution in [1.29, 1.82) is 0 Å². The first kappa shape index (κ1) is 18.3. The first-order valence-corrected chi connectivity index (χ1v) is 9.67. The van der Waals surface area contributed by atoms with Crippen LogP contribution in [0.2, 0.25) is 5.02 Å². The lowest BCUT2D eigenvalue weighted by Crippen LogP contribution is -2.37. The molecule has 0 spiro atoms. The van der Waals surface area contributed by atoms with E-state index >= 15 is 0 Å². The largest absolute Gasteiger partial charge is 0.350 e. The van der Waals surface area contributed by atoms with Crippen LogP contribution in [0, 0.1) is 12.7 Å². The fourth-order valence-electron chi connectivity index (χ4n) is 2.98. The first-order chi connectivity index (χ1) is 12.0. The zero-order valence-corrected chi connectivity index (χ0v) is 15.7. The number of aryl methyl sites for hydroxylation is 1. The molecular formula is C18H21ClFN3OS. The third-order valence-electron chi connectivity index (χ3n) is 4.33. The molecule has 7 heteroatoms. The van der Waals surface area contributed by atoms with E-state index in [9.17, 15) is 9.18 Å². The van der Waals surface area contributed by atoms with Gasteiger partial charge >= 0.3 is 0 Å². The van der Waals surface area contributed by atoms with Crippen LogP contribution in [0.1, 0.15) is 34.6 Å². The van der Waals surface area contributed by atoms with Gasteiger partial charge < -0.3 is 10.2 Å². The van der Waals surface area contributed by atoms with Gasteiger partial charge in [-0.05, 0) is 51.1 Å². The molecule has 0 aliphatic carbocycles. The normalized spacial score (nSPS) is 15.3. The summed E-state index contributed by atoms with van der Waals surface area (Å²) in [4.78, 5) is 19.7. The van der Waals surface area contributed by atoms with Crippen molar-refractivity contribution < 1.29 is 9.18 Å². The number of halogens is 2. The molecule has 1 aliphatic rings. The second-order valence-corrected chi connectivity index (χ2v) is 7.65. The van der Waals surface area contributed by atoms with Gasteiger partial charge in [-0.2, -0.15) is 0 Å². The molecule has 0 radical (unpaired) electrons. The number of aromatic nitrogens is 1. The minimum atomic E-state index is -0.432. The molecule has 4 nitrogen and oxygen atoms in total. The Hall–Kier alpha value is -1.50. The maximum atomic E-state index is 14.1. The number of nitrogens with one attached hydrogen (secondary N) is 1. The van der Waals surface area contributed by atoms with Crippen LogP contribution in [0.5, 0.6) is 0 Å². The lowest BCUT2D eigenvalue weighted by atomic mass is 10.1. The molecular weight excluding hydrogens is 361 g/mol. The van der Waals surface area contributed by atoms with Gasteiger partial charge in [0.05, 0.1) is 5.69 Å². The zero-order valence-electron chi connectivity index (χ0n) is 14.1. The van der Waals surface area contributed by atoms with E-state index in [1.807, 2.05) is 0 Å². The summed E-state index contributed by atoms with van der Waals surface area (Å²) in [6.45, 7) is 5.46. The molecule has 1 saturated heterocycles. The van der Waals surface area contributed by atoms with Crippen LogP contribution in [0.25, 0.3) is 10.6 Å². The van der Waals surface area contributed by atoms with Crippen LogP contribution >= 0.6 is 22.9 Å². The van der Waals surface area contributed by atoms with Gasteiger partial charge in [0.1, 0.15) is 15.7 Å². The molecule has 0 atom stereocenters. The van der Waals surface area contributed by atoms with Gasteiger partial charge in [0.15, 0.2) is 0 Å². The van der Waals surface area contributed by atoms with Gasteiger partial charge in [-0.25, -0.2) is 9.37 Å². The van der Waals surface area contributed by atoms with Crippen molar-refractivity contribution in [2.45, 2.75) is 26.2 Å².